The van der Waals surface area contributed by atoms with Crippen LogP contribution < -0.4 is 10.1 Å². The standard InChI is InChI=1S/C22H21N3O4/c23-12-16-9-14(1-2-20(16)29-18-4-7-28-8-5-18)15-3-6-24-21(11-15)25-22(27)19-10-17(19)13-26/h1-3,6,9,11,13,17-19H,4-5,7-8,10H2,(H,24,25,27). The molecular weight excluding hydrogens is 370 g/mol. The van der Waals surface area contributed by atoms with Gasteiger partial charge in [0.15, 0.2) is 0 Å². The number of nitrogens with one attached hydrogen (secondary N) is 1. The highest BCUT2D eigenvalue weighted by atomic mass is 16.5. The zero-order chi connectivity index (χ0) is 20.2. The Hall–Kier alpha value is -3.24. The molecule has 7 nitrogen and oxygen atoms in total. The van der Waals surface area contributed by atoms with Crippen LogP contribution in [0.5, 0.6) is 5.75 Å². The topological polar surface area (TPSA) is 101 Å². The summed E-state index contributed by atoms with van der Waals surface area (Å²) in [6.07, 6.45) is 4.70. The highest BCUT2D eigenvalue weighted by molar-refractivity contribution is 5.96. The fourth-order valence-corrected chi connectivity index (χ4v) is 3.44. The third-order valence-corrected chi connectivity index (χ3v) is 5.26. The van der Waals surface area contributed by atoms with Gasteiger partial charge in [-0.15, -0.1) is 0 Å². The van der Waals surface area contributed by atoms with Crippen molar-refractivity contribution < 1.29 is 19.1 Å². The minimum atomic E-state index is -0.259. The summed E-state index contributed by atoms with van der Waals surface area (Å²) in [5.41, 5.74) is 2.12. The van der Waals surface area contributed by atoms with Crippen molar-refractivity contribution in [1.29, 1.82) is 5.26 Å². The van der Waals surface area contributed by atoms with E-state index < -0.39 is 0 Å². The first kappa shape index (κ1) is 19.1. The molecule has 0 bridgehead atoms. The van der Waals surface area contributed by atoms with Crippen molar-refractivity contribution in [3.8, 4) is 22.9 Å². The summed E-state index contributed by atoms with van der Waals surface area (Å²) in [5, 5.41) is 12.3. The van der Waals surface area contributed by atoms with Crippen LogP contribution in [0.4, 0.5) is 5.82 Å². The predicted molar refractivity (Wildman–Crippen MR) is 105 cm³/mol. The molecule has 1 aromatic heterocycles. The van der Waals surface area contributed by atoms with Gasteiger partial charge in [-0.25, -0.2) is 4.98 Å². The lowest BCUT2D eigenvalue weighted by molar-refractivity contribution is -0.119. The second-order valence-electron chi connectivity index (χ2n) is 7.31. The molecule has 148 valence electrons. The molecule has 1 aliphatic carbocycles. The van der Waals surface area contributed by atoms with Crippen LogP contribution in [-0.4, -0.2) is 36.5 Å². The number of aromatic nitrogens is 1. The van der Waals surface area contributed by atoms with E-state index in [-0.39, 0.29) is 23.8 Å². The minimum Gasteiger partial charge on any atom is -0.489 e. The number of nitriles is 1. The van der Waals surface area contributed by atoms with Crippen LogP contribution in [0.15, 0.2) is 36.5 Å². The highest BCUT2D eigenvalue weighted by Crippen LogP contribution is 2.37. The normalized spacial score (nSPS) is 21.1. The molecule has 4 rings (SSSR count). The Morgan fingerprint density at radius 2 is 2.03 bits per heavy atom. The first-order valence-corrected chi connectivity index (χ1v) is 9.69. The van der Waals surface area contributed by atoms with Gasteiger partial charge in [-0.05, 0) is 41.8 Å². The molecule has 2 aliphatic rings. The number of amides is 1. The number of aldehydes is 1. The number of nitrogens with zero attached hydrogens (tertiary/aromatic N) is 2. The smallest absolute Gasteiger partial charge is 0.229 e. The van der Waals surface area contributed by atoms with Crippen molar-refractivity contribution >= 4 is 18.0 Å². The van der Waals surface area contributed by atoms with Crippen LogP contribution in [0.25, 0.3) is 11.1 Å². The Bertz CT molecular complexity index is 963. The Morgan fingerprint density at radius 1 is 1.24 bits per heavy atom. The molecule has 29 heavy (non-hydrogen) atoms. The number of carbonyl (C=O) groups excluding carboxylic acids is 2. The summed E-state index contributed by atoms with van der Waals surface area (Å²) in [6, 6.07) is 11.2. The molecule has 1 saturated carbocycles. The molecule has 1 aliphatic heterocycles. The summed E-state index contributed by atoms with van der Waals surface area (Å²) >= 11 is 0. The Balaban J connectivity index is 1.50. The lowest BCUT2D eigenvalue weighted by Crippen LogP contribution is -2.26. The van der Waals surface area contributed by atoms with Crippen LogP contribution in [0, 0.1) is 23.2 Å². The second kappa shape index (κ2) is 8.41. The van der Waals surface area contributed by atoms with Gasteiger partial charge in [-0.2, -0.15) is 5.26 Å². The maximum atomic E-state index is 12.1. The van der Waals surface area contributed by atoms with Crippen molar-refractivity contribution in [2.75, 3.05) is 18.5 Å². The van der Waals surface area contributed by atoms with E-state index in [1.54, 1.807) is 24.4 Å². The third kappa shape index (κ3) is 4.44. The van der Waals surface area contributed by atoms with Crippen LogP contribution in [-0.2, 0) is 14.3 Å². The maximum absolute atomic E-state index is 12.1. The Kier molecular flexibility index (Phi) is 5.54. The zero-order valence-electron chi connectivity index (χ0n) is 15.8. The molecule has 0 spiro atoms. The summed E-state index contributed by atoms with van der Waals surface area (Å²) < 4.78 is 11.3. The first-order valence-electron chi connectivity index (χ1n) is 9.69. The molecule has 2 atom stereocenters. The van der Waals surface area contributed by atoms with E-state index in [4.69, 9.17) is 9.47 Å². The quantitative estimate of drug-likeness (QED) is 0.760. The number of carbonyl (C=O) groups is 2. The van der Waals surface area contributed by atoms with E-state index in [0.717, 1.165) is 30.3 Å². The van der Waals surface area contributed by atoms with Crippen LogP contribution in [0.1, 0.15) is 24.8 Å². The fraction of sp³-hybridized carbons (Fsp3) is 0.364. The number of anilines is 1. The predicted octanol–water partition coefficient (Wildman–Crippen LogP) is 2.95. The number of ether oxygens (including phenoxy) is 2. The van der Waals surface area contributed by atoms with E-state index in [9.17, 15) is 14.9 Å². The van der Waals surface area contributed by atoms with Crippen molar-refractivity contribution in [2.24, 2.45) is 11.8 Å². The van der Waals surface area contributed by atoms with E-state index in [0.29, 0.717) is 36.8 Å². The fourth-order valence-electron chi connectivity index (χ4n) is 3.44. The lowest BCUT2D eigenvalue weighted by atomic mass is 10.0. The van der Waals surface area contributed by atoms with Gasteiger partial charge in [0.25, 0.3) is 0 Å². The molecule has 2 unspecified atom stereocenters. The second-order valence-corrected chi connectivity index (χ2v) is 7.31. The van der Waals surface area contributed by atoms with Gasteiger partial charge in [-0.3, -0.25) is 4.79 Å². The van der Waals surface area contributed by atoms with Crippen molar-refractivity contribution in [3.05, 3.63) is 42.1 Å². The van der Waals surface area contributed by atoms with E-state index >= 15 is 0 Å². The van der Waals surface area contributed by atoms with Gasteiger partial charge < -0.3 is 19.6 Å². The molecule has 1 aromatic carbocycles. The summed E-state index contributed by atoms with van der Waals surface area (Å²) in [6.45, 7) is 1.34. The van der Waals surface area contributed by atoms with Gasteiger partial charge in [0.05, 0.1) is 18.8 Å². The largest absolute Gasteiger partial charge is 0.489 e. The van der Waals surface area contributed by atoms with Crippen molar-refractivity contribution in [3.63, 3.8) is 0 Å². The number of hydrogen-bond donors (Lipinski definition) is 1. The van der Waals surface area contributed by atoms with Gasteiger partial charge in [-0.1, -0.05) is 6.07 Å². The molecule has 1 amide bonds. The average molecular weight is 391 g/mol. The SMILES string of the molecule is N#Cc1cc(-c2ccnc(NC(=O)C3CC3C=O)c2)ccc1OC1CCOCC1. The van der Waals surface area contributed by atoms with Crippen LogP contribution in [0.2, 0.25) is 0 Å². The molecule has 2 aromatic rings. The number of pyridine rings is 1. The van der Waals surface area contributed by atoms with Gasteiger partial charge in [0, 0.05) is 30.9 Å². The number of benzene rings is 1. The number of rotatable bonds is 6. The molecule has 1 saturated heterocycles. The van der Waals surface area contributed by atoms with Gasteiger partial charge in [0.2, 0.25) is 5.91 Å². The molecule has 1 N–H and O–H groups in total. The molecule has 0 radical (unpaired) electrons. The van der Waals surface area contributed by atoms with Crippen molar-refractivity contribution in [2.45, 2.75) is 25.4 Å². The van der Waals surface area contributed by atoms with Gasteiger partial charge in [0.1, 0.15) is 30.0 Å². The van der Waals surface area contributed by atoms with Gasteiger partial charge >= 0.3 is 0 Å². The van der Waals surface area contributed by atoms with E-state index in [1.807, 2.05) is 12.1 Å². The Morgan fingerprint density at radius 3 is 2.76 bits per heavy atom. The summed E-state index contributed by atoms with van der Waals surface area (Å²) in [5.74, 6) is 0.360. The van der Waals surface area contributed by atoms with E-state index in [2.05, 4.69) is 16.4 Å². The summed E-state index contributed by atoms with van der Waals surface area (Å²) in [4.78, 5) is 27.1. The third-order valence-electron chi connectivity index (χ3n) is 5.26. The van der Waals surface area contributed by atoms with Crippen LogP contribution in [0.3, 0.4) is 0 Å². The maximum Gasteiger partial charge on any atom is 0.229 e. The van der Waals surface area contributed by atoms with E-state index in [1.165, 1.54) is 0 Å². The molecule has 2 heterocycles. The average Bonchev–Trinajstić information content (AvgIpc) is 3.55. The number of hydrogen-bond acceptors (Lipinski definition) is 6. The summed E-state index contributed by atoms with van der Waals surface area (Å²) in [7, 11) is 0. The monoisotopic (exact) mass is 391 g/mol. The zero-order valence-corrected chi connectivity index (χ0v) is 15.8. The lowest BCUT2D eigenvalue weighted by Gasteiger charge is -2.23. The molecular formula is C22H21N3O4. The first-order chi connectivity index (χ1) is 14.2. The molecule has 2 fully saturated rings. The minimum absolute atomic E-state index is 0.0575. The van der Waals surface area contributed by atoms with Crippen LogP contribution >= 0.6 is 0 Å². The molecule has 7 heteroatoms. The Labute approximate surface area is 168 Å². The van der Waals surface area contributed by atoms with Crippen molar-refractivity contribution in [1.82, 2.24) is 4.98 Å². The highest BCUT2D eigenvalue weighted by Gasteiger charge is 2.42.